The molecule has 1 N–H and O–H groups in total. The number of hydrogen-bond donors (Lipinski definition) is 1. The Bertz CT molecular complexity index is 1090. The van der Waals surface area contributed by atoms with E-state index in [0.29, 0.717) is 11.3 Å². The number of para-hydroxylation sites is 1. The predicted molar refractivity (Wildman–Crippen MR) is 126 cm³/mol. The number of benzene rings is 2. The molecular formula is C26H28N2O5. The number of carbonyl (C=O) groups is 2. The van der Waals surface area contributed by atoms with Gasteiger partial charge in [-0.15, -0.1) is 6.58 Å². The van der Waals surface area contributed by atoms with Gasteiger partial charge in [-0.1, -0.05) is 51.1 Å². The van der Waals surface area contributed by atoms with Crippen LogP contribution in [-0.2, 0) is 15.0 Å². The van der Waals surface area contributed by atoms with Crippen LogP contribution < -0.4 is 19.5 Å². The minimum Gasteiger partial charge on any atom is -0.493 e. The van der Waals surface area contributed by atoms with E-state index in [1.165, 1.54) is 25.3 Å². The molecule has 0 spiro atoms. The molecule has 0 aliphatic heterocycles. The van der Waals surface area contributed by atoms with Crippen molar-refractivity contribution >= 4 is 18.0 Å². The fourth-order valence-electron chi connectivity index (χ4n) is 2.93. The van der Waals surface area contributed by atoms with Crippen molar-refractivity contribution in [2.45, 2.75) is 26.2 Å². The van der Waals surface area contributed by atoms with E-state index in [4.69, 9.17) is 14.2 Å². The highest BCUT2D eigenvalue weighted by Crippen LogP contribution is 2.32. The monoisotopic (exact) mass is 448 g/mol. The van der Waals surface area contributed by atoms with Crippen LogP contribution in [0.4, 0.5) is 0 Å². The third-order valence-electron chi connectivity index (χ3n) is 4.54. The number of hydrogen-bond acceptors (Lipinski definition) is 6. The molecule has 0 heterocycles. The molecule has 0 atom stereocenters. The number of ether oxygens (including phenoxy) is 3. The van der Waals surface area contributed by atoms with Crippen molar-refractivity contribution in [3.05, 3.63) is 71.8 Å². The maximum Gasteiger partial charge on any atom is 0.349 e. The quantitative estimate of drug-likeness (QED) is 0.203. The highest BCUT2D eigenvalue weighted by Gasteiger charge is 2.19. The Morgan fingerprint density at radius 1 is 1.12 bits per heavy atom. The molecule has 2 rings (SSSR count). The first-order chi connectivity index (χ1) is 15.7. The van der Waals surface area contributed by atoms with Gasteiger partial charge in [0.2, 0.25) is 0 Å². The van der Waals surface area contributed by atoms with E-state index in [-0.39, 0.29) is 35.6 Å². The Hall–Kier alpha value is -4.05. The first kappa shape index (κ1) is 25.2. The SMILES string of the molecule is C=CCNC(=O)C(C#N)=Cc1ccc(OC(=O)COc2ccccc2C(C)(C)C)c(OC)c1. The molecule has 7 nitrogen and oxygen atoms in total. The number of nitrogens with zero attached hydrogens (tertiary/aromatic N) is 1. The normalized spacial score (nSPS) is 11.2. The van der Waals surface area contributed by atoms with E-state index in [1.54, 1.807) is 12.1 Å². The lowest BCUT2D eigenvalue weighted by molar-refractivity contribution is -0.136. The molecule has 0 fully saturated rings. The number of rotatable bonds is 9. The Morgan fingerprint density at radius 3 is 2.48 bits per heavy atom. The first-order valence-electron chi connectivity index (χ1n) is 10.3. The van der Waals surface area contributed by atoms with Crippen molar-refractivity contribution in [1.82, 2.24) is 5.32 Å². The molecule has 1 amide bonds. The zero-order valence-corrected chi connectivity index (χ0v) is 19.3. The van der Waals surface area contributed by atoms with Crippen LogP contribution in [0.5, 0.6) is 17.2 Å². The molecule has 0 radical (unpaired) electrons. The molecule has 0 saturated carbocycles. The van der Waals surface area contributed by atoms with Crippen LogP contribution >= 0.6 is 0 Å². The number of nitrogens with one attached hydrogen (secondary N) is 1. The Morgan fingerprint density at radius 2 is 1.85 bits per heavy atom. The third kappa shape index (κ3) is 7.25. The first-order valence-corrected chi connectivity index (χ1v) is 10.3. The topological polar surface area (TPSA) is 97.7 Å². The molecule has 0 unspecified atom stereocenters. The van der Waals surface area contributed by atoms with Gasteiger partial charge in [-0.25, -0.2) is 4.79 Å². The van der Waals surface area contributed by atoms with Crippen LogP contribution in [0.1, 0.15) is 31.9 Å². The fraction of sp³-hybridized carbons (Fsp3) is 0.269. The highest BCUT2D eigenvalue weighted by molar-refractivity contribution is 6.01. The molecule has 0 aromatic heterocycles. The molecule has 0 bridgehead atoms. The third-order valence-corrected chi connectivity index (χ3v) is 4.54. The summed E-state index contributed by atoms with van der Waals surface area (Å²) in [5.74, 6) is -0.0208. The molecule has 0 aliphatic carbocycles. The molecule has 2 aromatic rings. The van der Waals surface area contributed by atoms with Gasteiger partial charge in [-0.2, -0.15) is 5.26 Å². The van der Waals surface area contributed by atoms with Gasteiger partial charge in [0.25, 0.3) is 5.91 Å². The van der Waals surface area contributed by atoms with Crippen LogP contribution in [0.15, 0.2) is 60.7 Å². The van der Waals surface area contributed by atoms with Crippen molar-refractivity contribution in [2.24, 2.45) is 0 Å². The summed E-state index contributed by atoms with van der Waals surface area (Å²) < 4.78 is 16.4. The summed E-state index contributed by atoms with van der Waals surface area (Å²) in [7, 11) is 1.43. The van der Waals surface area contributed by atoms with Gasteiger partial charge in [0.1, 0.15) is 17.4 Å². The van der Waals surface area contributed by atoms with Gasteiger partial charge in [-0.05, 0) is 40.8 Å². The molecule has 33 heavy (non-hydrogen) atoms. The van der Waals surface area contributed by atoms with Crippen LogP contribution in [0.3, 0.4) is 0 Å². The standard InChI is InChI=1S/C26H28N2O5/c1-6-13-28-25(30)19(16-27)14-18-11-12-22(23(15-18)31-5)33-24(29)17-32-21-10-8-7-9-20(21)26(2,3)4/h6-12,14-15H,1,13,17H2,2-5H3,(H,28,30). The van der Waals surface area contributed by atoms with Gasteiger partial charge in [0, 0.05) is 6.54 Å². The van der Waals surface area contributed by atoms with Gasteiger partial charge in [0.15, 0.2) is 18.1 Å². The number of esters is 1. The van der Waals surface area contributed by atoms with E-state index >= 15 is 0 Å². The maximum atomic E-state index is 12.4. The lowest BCUT2D eigenvalue weighted by Crippen LogP contribution is -2.24. The van der Waals surface area contributed by atoms with Crippen LogP contribution in [0.2, 0.25) is 0 Å². The number of nitriles is 1. The zero-order chi connectivity index (χ0) is 24.4. The number of methoxy groups -OCH3 is 1. The average Bonchev–Trinajstić information content (AvgIpc) is 2.79. The van der Waals surface area contributed by atoms with Crippen molar-refractivity contribution in [2.75, 3.05) is 20.3 Å². The van der Waals surface area contributed by atoms with Crippen LogP contribution in [-0.4, -0.2) is 32.1 Å². The summed E-state index contributed by atoms with van der Waals surface area (Å²) in [6.07, 6.45) is 2.93. The summed E-state index contributed by atoms with van der Waals surface area (Å²) >= 11 is 0. The zero-order valence-electron chi connectivity index (χ0n) is 19.3. The molecular weight excluding hydrogens is 420 g/mol. The highest BCUT2D eigenvalue weighted by atomic mass is 16.6. The molecule has 0 aliphatic rings. The summed E-state index contributed by atoms with van der Waals surface area (Å²) in [5.41, 5.74) is 1.30. The van der Waals surface area contributed by atoms with E-state index < -0.39 is 11.9 Å². The number of carbonyl (C=O) groups excluding carboxylic acids is 2. The van der Waals surface area contributed by atoms with Crippen molar-refractivity contribution < 1.29 is 23.8 Å². The Kier molecular flexibility index (Phi) is 8.81. The van der Waals surface area contributed by atoms with E-state index in [9.17, 15) is 14.9 Å². The summed E-state index contributed by atoms with van der Waals surface area (Å²) in [6, 6.07) is 14.1. The molecule has 0 saturated heterocycles. The molecule has 2 aromatic carbocycles. The second kappa shape index (κ2) is 11.5. The molecule has 172 valence electrons. The lowest BCUT2D eigenvalue weighted by atomic mass is 9.86. The van der Waals surface area contributed by atoms with Gasteiger partial charge in [0.05, 0.1) is 7.11 Å². The minimum absolute atomic E-state index is 0.0745. The van der Waals surface area contributed by atoms with Crippen LogP contribution in [0, 0.1) is 11.3 Å². The predicted octanol–water partition coefficient (Wildman–Crippen LogP) is 4.19. The summed E-state index contributed by atoms with van der Waals surface area (Å²) in [4.78, 5) is 24.4. The largest absolute Gasteiger partial charge is 0.493 e. The van der Waals surface area contributed by atoms with Gasteiger partial charge in [-0.3, -0.25) is 4.79 Å². The number of amides is 1. The van der Waals surface area contributed by atoms with E-state index in [1.807, 2.05) is 30.3 Å². The Balaban J connectivity index is 2.12. The smallest absolute Gasteiger partial charge is 0.349 e. The van der Waals surface area contributed by atoms with Crippen molar-refractivity contribution in [3.8, 4) is 23.3 Å². The minimum atomic E-state index is -0.596. The average molecular weight is 449 g/mol. The fourth-order valence-corrected chi connectivity index (χ4v) is 2.93. The maximum absolute atomic E-state index is 12.4. The van der Waals surface area contributed by atoms with E-state index in [0.717, 1.165) is 5.56 Å². The van der Waals surface area contributed by atoms with Gasteiger partial charge < -0.3 is 19.5 Å². The van der Waals surface area contributed by atoms with Crippen molar-refractivity contribution in [1.29, 1.82) is 5.26 Å². The summed E-state index contributed by atoms with van der Waals surface area (Å²) in [6.45, 7) is 9.68. The van der Waals surface area contributed by atoms with Crippen molar-refractivity contribution in [3.63, 3.8) is 0 Å². The second-order valence-corrected chi connectivity index (χ2v) is 8.09. The summed E-state index contributed by atoms with van der Waals surface area (Å²) in [5, 5.41) is 11.8. The Labute approximate surface area is 194 Å². The lowest BCUT2D eigenvalue weighted by Gasteiger charge is -2.22. The second-order valence-electron chi connectivity index (χ2n) is 8.09. The molecule has 7 heteroatoms. The van der Waals surface area contributed by atoms with E-state index in [2.05, 4.69) is 32.7 Å². The van der Waals surface area contributed by atoms with Gasteiger partial charge >= 0.3 is 5.97 Å². The van der Waals surface area contributed by atoms with Crippen LogP contribution in [0.25, 0.3) is 6.08 Å².